The maximum atomic E-state index is 12.3. The molecule has 0 saturated carbocycles. The zero-order chi connectivity index (χ0) is 14.9. The Labute approximate surface area is 125 Å². The molecule has 0 radical (unpaired) electrons. The molecule has 0 aromatic heterocycles. The highest BCUT2D eigenvalue weighted by molar-refractivity contribution is 6.00. The molecule has 4 nitrogen and oxygen atoms in total. The van der Waals surface area contributed by atoms with E-state index in [4.69, 9.17) is 4.74 Å². The highest BCUT2D eigenvalue weighted by Gasteiger charge is 2.43. The van der Waals surface area contributed by atoms with Gasteiger partial charge in [0.2, 0.25) is 5.91 Å². The Morgan fingerprint density at radius 2 is 2.00 bits per heavy atom. The van der Waals surface area contributed by atoms with Crippen molar-refractivity contribution < 1.29 is 14.3 Å². The van der Waals surface area contributed by atoms with Crippen LogP contribution >= 0.6 is 0 Å². The number of hydrogen-bond donors (Lipinski definition) is 0. The molecule has 2 heterocycles. The third-order valence-corrected chi connectivity index (χ3v) is 4.49. The molecule has 1 spiro atoms. The maximum absolute atomic E-state index is 12.3. The van der Waals surface area contributed by atoms with E-state index in [0.717, 1.165) is 19.3 Å². The van der Waals surface area contributed by atoms with E-state index in [2.05, 4.69) is 0 Å². The number of nitrogens with zero attached hydrogens (tertiary/aromatic N) is 1. The SMILES string of the molecule is CCCC(=O)N1CCC2(CC1)CC(=O)c1ccccc1O2. The fourth-order valence-corrected chi connectivity index (χ4v) is 3.26. The Hall–Kier alpha value is -1.84. The molecule has 112 valence electrons. The van der Waals surface area contributed by atoms with E-state index >= 15 is 0 Å². The van der Waals surface area contributed by atoms with Crippen molar-refractivity contribution in [2.24, 2.45) is 0 Å². The summed E-state index contributed by atoms with van der Waals surface area (Å²) in [7, 11) is 0. The minimum Gasteiger partial charge on any atom is -0.486 e. The van der Waals surface area contributed by atoms with Gasteiger partial charge in [-0.05, 0) is 18.6 Å². The van der Waals surface area contributed by atoms with E-state index in [1.54, 1.807) is 0 Å². The van der Waals surface area contributed by atoms with Crippen LogP contribution in [0.5, 0.6) is 5.75 Å². The number of piperidine rings is 1. The van der Waals surface area contributed by atoms with Gasteiger partial charge in [-0.15, -0.1) is 0 Å². The van der Waals surface area contributed by atoms with Crippen molar-refractivity contribution >= 4 is 11.7 Å². The lowest BCUT2D eigenvalue weighted by molar-refractivity contribution is -0.134. The maximum Gasteiger partial charge on any atom is 0.222 e. The first-order chi connectivity index (χ1) is 10.1. The van der Waals surface area contributed by atoms with Crippen LogP contribution in [0, 0.1) is 0 Å². The average molecular weight is 287 g/mol. The van der Waals surface area contributed by atoms with Crippen molar-refractivity contribution in [2.75, 3.05) is 13.1 Å². The molecule has 0 aliphatic carbocycles. The Bertz CT molecular complexity index is 559. The number of ether oxygens (including phenoxy) is 1. The molecule has 1 aromatic rings. The van der Waals surface area contributed by atoms with E-state index in [1.165, 1.54) is 0 Å². The fourth-order valence-electron chi connectivity index (χ4n) is 3.26. The monoisotopic (exact) mass is 287 g/mol. The molecule has 21 heavy (non-hydrogen) atoms. The van der Waals surface area contributed by atoms with Crippen LogP contribution in [0.25, 0.3) is 0 Å². The van der Waals surface area contributed by atoms with Gasteiger partial charge in [-0.3, -0.25) is 9.59 Å². The number of carbonyl (C=O) groups excluding carboxylic acids is 2. The molecule has 1 aromatic carbocycles. The third-order valence-electron chi connectivity index (χ3n) is 4.49. The molecule has 0 atom stereocenters. The van der Waals surface area contributed by atoms with E-state index in [-0.39, 0.29) is 11.7 Å². The molecule has 1 fully saturated rings. The summed E-state index contributed by atoms with van der Waals surface area (Å²) in [6.45, 7) is 3.39. The molecular weight excluding hydrogens is 266 g/mol. The van der Waals surface area contributed by atoms with E-state index < -0.39 is 5.60 Å². The van der Waals surface area contributed by atoms with Crippen LogP contribution in [0.1, 0.15) is 49.4 Å². The van der Waals surface area contributed by atoms with Crippen LogP contribution in [0.3, 0.4) is 0 Å². The summed E-state index contributed by atoms with van der Waals surface area (Å²) in [6.07, 6.45) is 3.39. The smallest absolute Gasteiger partial charge is 0.222 e. The topological polar surface area (TPSA) is 46.6 Å². The number of rotatable bonds is 2. The quantitative estimate of drug-likeness (QED) is 0.840. The number of amides is 1. The molecule has 2 aliphatic rings. The van der Waals surface area contributed by atoms with Gasteiger partial charge in [-0.1, -0.05) is 19.1 Å². The summed E-state index contributed by atoms with van der Waals surface area (Å²) < 4.78 is 6.16. The first-order valence-corrected chi connectivity index (χ1v) is 7.72. The van der Waals surface area contributed by atoms with Crippen molar-refractivity contribution in [1.82, 2.24) is 4.90 Å². The zero-order valence-corrected chi connectivity index (χ0v) is 12.4. The second kappa shape index (κ2) is 5.51. The van der Waals surface area contributed by atoms with Crippen molar-refractivity contribution in [2.45, 2.75) is 44.6 Å². The van der Waals surface area contributed by atoms with Crippen LogP contribution in [0.2, 0.25) is 0 Å². The third kappa shape index (κ3) is 2.67. The van der Waals surface area contributed by atoms with Gasteiger partial charge in [-0.25, -0.2) is 0 Å². The highest BCUT2D eigenvalue weighted by atomic mass is 16.5. The Balaban J connectivity index is 1.72. The summed E-state index contributed by atoms with van der Waals surface area (Å²) in [4.78, 5) is 26.2. The summed E-state index contributed by atoms with van der Waals surface area (Å²) in [5.74, 6) is 1.07. The van der Waals surface area contributed by atoms with Crippen molar-refractivity contribution in [3.63, 3.8) is 0 Å². The van der Waals surface area contributed by atoms with E-state index in [9.17, 15) is 9.59 Å². The second-order valence-electron chi connectivity index (χ2n) is 6.01. The van der Waals surface area contributed by atoms with Crippen molar-refractivity contribution in [1.29, 1.82) is 0 Å². The Morgan fingerprint density at radius 1 is 1.29 bits per heavy atom. The van der Waals surface area contributed by atoms with Gasteiger partial charge in [0.25, 0.3) is 0 Å². The molecule has 0 unspecified atom stereocenters. The first kappa shape index (κ1) is 14.1. The number of fused-ring (bicyclic) bond motifs is 1. The summed E-state index contributed by atoms with van der Waals surface area (Å²) in [5, 5.41) is 0. The number of benzene rings is 1. The number of ketones is 1. The lowest BCUT2D eigenvalue weighted by Gasteiger charge is -2.44. The van der Waals surface area contributed by atoms with Crippen LogP contribution in [-0.4, -0.2) is 35.3 Å². The molecule has 0 N–H and O–H groups in total. The van der Waals surface area contributed by atoms with Crippen LogP contribution in [-0.2, 0) is 4.79 Å². The number of carbonyl (C=O) groups is 2. The number of para-hydroxylation sites is 1. The highest BCUT2D eigenvalue weighted by Crippen LogP contribution is 2.39. The van der Waals surface area contributed by atoms with Crippen LogP contribution in [0.4, 0.5) is 0 Å². The molecule has 0 bridgehead atoms. The van der Waals surface area contributed by atoms with Gasteiger partial charge < -0.3 is 9.64 Å². The van der Waals surface area contributed by atoms with Gasteiger partial charge in [0, 0.05) is 32.4 Å². The van der Waals surface area contributed by atoms with Gasteiger partial charge in [-0.2, -0.15) is 0 Å². The number of Topliss-reactive ketones (excluding diaryl/α,β-unsaturated/α-hetero) is 1. The van der Waals surface area contributed by atoms with Crippen molar-refractivity contribution in [3.05, 3.63) is 29.8 Å². The summed E-state index contributed by atoms with van der Waals surface area (Å²) in [6, 6.07) is 7.45. The second-order valence-corrected chi connectivity index (χ2v) is 6.01. The minimum atomic E-state index is -0.408. The van der Waals surface area contributed by atoms with Gasteiger partial charge in [0.15, 0.2) is 5.78 Å². The average Bonchev–Trinajstić information content (AvgIpc) is 2.48. The minimum absolute atomic E-state index is 0.158. The molecule has 1 saturated heterocycles. The molecule has 2 aliphatic heterocycles. The van der Waals surface area contributed by atoms with Gasteiger partial charge >= 0.3 is 0 Å². The lowest BCUT2D eigenvalue weighted by atomic mass is 9.82. The van der Waals surface area contributed by atoms with Crippen LogP contribution < -0.4 is 4.74 Å². The summed E-state index contributed by atoms with van der Waals surface area (Å²) >= 11 is 0. The van der Waals surface area contributed by atoms with Gasteiger partial charge in [0.05, 0.1) is 12.0 Å². The van der Waals surface area contributed by atoms with Crippen molar-refractivity contribution in [3.8, 4) is 5.75 Å². The number of hydrogen-bond acceptors (Lipinski definition) is 3. The Kier molecular flexibility index (Phi) is 3.70. The standard InChI is InChI=1S/C17H21NO3/c1-2-5-16(20)18-10-8-17(9-11-18)12-14(19)13-6-3-4-7-15(13)21-17/h3-4,6-7H,2,5,8-12H2,1H3. The fraction of sp³-hybridized carbons (Fsp3) is 0.529. The largest absolute Gasteiger partial charge is 0.486 e. The Morgan fingerprint density at radius 3 is 2.71 bits per heavy atom. The lowest BCUT2D eigenvalue weighted by Crippen LogP contribution is -2.52. The zero-order valence-electron chi connectivity index (χ0n) is 12.4. The molecule has 1 amide bonds. The molecular formula is C17H21NO3. The first-order valence-electron chi connectivity index (χ1n) is 7.72. The predicted molar refractivity (Wildman–Crippen MR) is 79.5 cm³/mol. The van der Waals surface area contributed by atoms with Crippen LogP contribution in [0.15, 0.2) is 24.3 Å². The molecule has 3 rings (SSSR count). The normalized spacial score (nSPS) is 20.0. The van der Waals surface area contributed by atoms with E-state index in [1.807, 2.05) is 36.1 Å². The van der Waals surface area contributed by atoms with E-state index in [0.29, 0.717) is 37.2 Å². The number of likely N-dealkylation sites (tertiary alicyclic amines) is 1. The van der Waals surface area contributed by atoms with Gasteiger partial charge in [0.1, 0.15) is 11.4 Å². The molecule has 4 heteroatoms. The predicted octanol–water partition coefficient (Wildman–Crippen LogP) is 2.81. The summed E-state index contributed by atoms with van der Waals surface area (Å²) in [5.41, 5.74) is 0.279.